The van der Waals surface area contributed by atoms with Crippen molar-refractivity contribution in [1.82, 2.24) is 15.2 Å². The second kappa shape index (κ2) is 9.12. The highest BCUT2D eigenvalue weighted by Gasteiger charge is 2.25. The van der Waals surface area contributed by atoms with Crippen LogP contribution in [-0.2, 0) is 6.42 Å². The fourth-order valence-corrected chi connectivity index (χ4v) is 3.41. The summed E-state index contributed by atoms with van der Waals surface area (Å²) in [5.74, 6) is 0.264. The molecule has 2 aromatic rings. The largest absolute Gasteiger partial charge is 0.349 e. The van der Waals surface area contributed by atoms with Crippen LogP contribution in [0.1, 0.15) is 39.3 Å². The van der Waals surface area contributed by atoms with Crippen molar-refractivity contribution in [3.63, 3.8) is 0 Å². The number of aromatic nitrogens is 1. The van der Waals surface area contributed by atoms with E-state index in [-0.39, 0.29) is 11.8 Å². The van der Waals surface area contributed by atoms with Gasteiger partial charge in [-0.2, -0.15) is 0 Å². The van der Waals surface area contributed by atoms with Gasteiger partial charge in [-0.15, -0.1) is 6.58 Å². The highest BCUT2D eigenvalue weighted by Crippen LogP contribution is 2.22. The molecule has 0 aliphatic carbocycles. The monoisotopic (exact) mass is 363 g/mol. The molecule has 3 rings (SSSR count). The van der Waals surface area contributed by atoms with E-state index in [9.17, 15) is 9.59 Å². The summed E-state index contributed by atoms with van der Waals surface area (Å²) in [6, 6.07) is 13.7. The second-order valence-electron chi connectivity index (χ2n) is 6.85. The van der Waals surface area contributed by atoms with Crippen molar-refractivity contribution in [1.29, 1.82) is 0 Å². The molecule has 5 heteroatoms. The Morgan fingerprint density at radius 3 is 2.63 bits per heavy atom. The van der Waals surface area contributed by atoms with Gasteiger partial charge < -0.3 is 10.2 Å². The molecule has 0 atom stereocenters. The molecule has 1 aliphatic rings. The normalized spacial score (nSPS) is 14.6. The number of benzene rings is 1. The SMILES string of the molecule is C=CCNC(=O)c1ccnc(C(=O)N2CCC(Cc3ccccc3)CC2)c1. The minimum atomic E-state index is -0.229. The van der Waals surface area contributed by atoms with Gasteiger partial charge in [-0.25, -0.2) is 0 Å². The van der Waals surface area contributed by atoms with Crippen molar-refractivity contribution < 1.29 is 9.59 Å². The Labute approximate surface area is 160 Å². The molecule has 5 nitrogen and oxygen atoms in total. The van der Waals surface area contributed by atoms with Gasteiger partial charge in [-0.05, 0) is 42.9 Å². The summed E-state index contributed by atoms with van der Waals surface area (Å²) >= 11 is 0. The number of carbonyl (C=O) groups is 2. The lowest BCUT2D eigenvalue weighted by Crippen LogP contribution is -2.39. The first-order chi connectivity index (χ1) is 13.2. The molecule has 1 aromatic heterocycles. The van der Waals surface area contributed by atoms with E-state index in [4.69, 9.17) is 0 Å². The molecule has 1 fully saturated rings. The second-order valence-corrected chi connectivity index (χ2v) is 6.85. The maximum Gasteiger partial charge on any atom is 0.272 e. The third-order valence-corrected chi connectivity index (χ3v) is 4.92. The molecule has 0 unspecified atom stereocenters. The standard InChI is InChI=1S/C22H25N3O2/c1-2-11-24-21(26)19-8-12-23-20(16-19)22(27)25-13-9-18(10-14-25)15-17-6-4-3-5-7-17/h2-8,12,16,18H,1,9-11,13-15H2,(H,24,26). The Bertz CT molecular complexity index is 796. The minimum Gasteiger partial charge on any atom is -0.349 e. The lowest BCUT2D eigenvalue weighted by molar-refractivity contribution is 0.0684. The summed E-state index contributed by atoms with van der Waals surface area (Å²) in [6.07, 6.45) is 6.16. The summed E-state index contributed by atoms with van der Waals surface area (Å²) in [7, 11) is 0. The van der Waals surface area contributed by atoms with Crippen LogP contribution in [0.15, 0.2) is 61.3 Å². The summed E-state index contributed by atoms with van der Waals surface area (Å²) in [5, 5.41) is 2.71. The molecule has 1 N–H and O–H groups in total. The first-order valence-electron chi connectivity index (χ1n) is 9.35. The van der Waals surface area contributed by atoms with E-state index >= 15 is 0 Å². The van der Waals surface area contributed by atoms with E-state index in [1.54, 1.807) is 18.2 Å². The highest BCUT2D eigenvalue weighted by molar-refractivity contribution is 5.98. The van der Waals surface area contributed by atoms with Crippen molar-refractivity contribution in [3.8, 4) is 0 Å². The molecular formula is C22H25N3O2. The fourth-order valence-electron chi connectivity index (χ4n) is 3.41. The minimum absolute atomic E-state index is 0.105. The summed E-state index contributed by atoms with van der Waals surface area (Å²) < 4.78 is 0. The number of likely N-dealkylation sites (tertiary alicyclic amines) is 1. The Balaban J connectivity index is 1.57. The Hall–Kier alpha value is -2.95. The number of pyridine rings is 1. The van der Waals surface area contributed by atoms with Crippen LogP contribution >= 0.6 is 0 Å². The zero-order valence-electron chi connectivity index (χ0n) is 15.4. The number of nitrogens with one attached hydrogen (secondary N) is 1. The van der Waals surface area contributed by atoms with E-state index in [0.29, 0.717) is 23.7 Å². The lowest BCUT2D eigenvalue weighted by Gasteiger charge is -2.32. The predicted octanol–water partition coefficient (Wildman–Crippen LogP) is 3.09. The van der Waals surface area contributed by atoms with E-state index in [0.717, 1.165) is 32.4 Å². The van der Waals surface area contributed by atoms with E-state index in [1.165, 1.54) is 11.8 Å². The average molecular weight is 363 g/mol. The van der Waals surface area contributed by atoms with Crippen molar-refractivity contribution >= 4 is 11.8 Å². The number of carbonyl (C=O) groups excluding carboxylic acids is 2. The van der Waals surface area contributed by atoms with Crippen molar-refractivity contribution in [2.24, 2.45) is 5.92 Å². The van der Waals surface area contributed by atoms with Crippen LogP contribution in [-0.4, -0.2) is 41.3 Å². The fraction of sp³-hybridized carbons (Fsp3) is 0.318. The van der Waals surface area contributed by atoms with Gasteiger partial charge in [-0.3, -0.25) is 14.6 Å². The van der Waals surface area contributed by atoms with Gasteiger partial charge in [0.2, 0.25) is 0 Å². The number of hydrogen-bond donors (Lipinski definition) is 1. The molecule has 1 aliphatic heterocycles. The van der Waals surface area contributed by atoms with E-state index < -0.39 is 0 Å². The Morgan fingerprint density at radius 1 is 1.19 bits per heavy atom. The zero-order chi connectivity index (χ0) is 19.1. The number of rotatable bonds is 6. The topological polar surface area (TPSA) is 62.3 Å². The predicted molar refractivity (Wildman–Crippen MR) is 106 cm³/mol. The number of piperidine rings is 1. The molecule has 2 amide bonds. The number of amides is 2. The van der Waals surface area contributed by atoms with Crippen LogP contribution in [0.2, 0.25) is 0 Å². The van der Waals surface area contributed by atoms with Gasteiger partial charge in [0, 0.05) is 31.4 Å². The summed E-state index contributed by atoms with van der Waals surface area (Å²) in [5.41, 5.74) is 2.11. The number of nitrogens with zero attached hydrogens (tertiary/aromatic N) is 2. The van der Waals surface area contributed by atoms with Gasteiger partial charge >= 0.3 is 0 Å². The lowest BCUT2D eigenvalue weighted by atomic mass is 9.90. The molecule has 27 heavy (non-hydrogen) atoms. The molecule has 0 spiro atoms. The Morgan fingerprint density at radius 2 is 1.93 bits per heavy atom. The Kier molecular flexibility index (Phi) is 6.36. The van der Waals surface area contributed by atoms with Crippen LogP contribution < -0.4 is 5.32 Å². The molecular weight excluding hydrogens is 338 g/mol. The van der Waals surface area contributed by atoms with Crippen LogP contribution in [0.3, 0.4) is 0 Å². The van der Waals surface area contributed by atoms with Gasteiger partial charge in [0.15, 0.2) is 0 Å². The summed E-state index contributed by atoms with van der Waals surface area (Å²) in [4.78, 5) is 30.8. The molecule has 0 saturated carbocycles. The molecule has 140 valence electrons. The highest BCUT2D eigenvalue weighted by atomic mass is 16.2. The van der Waals surface area contributed by atoms with Crippen molar-refractivity contribution in [2.75, 3.05) is 19.6 Å². The van der Waals surface area contributed by atoms with Crippen LogP contribution in [0.4, 0.5) is 0 Å². The molecule has 2 heterocycles. The van der Waals surface area contributed by atoms with Crippen LogP contribution in [0.25, 0.3) is 0 Å². The zero-order valence-corrected chi connectivity index (χ0v) is 15.4. The van der Waals surface area contributed by atoms with Crippen molar-refractivity contribution in [3.05, 3.63) is 78.1 Å². The maximum absolute atomic E-state index is 12.8. The number of hydrogen-bond acceptors (Lipinski definition) is 3. The maximum atomic E-state index is 12.8. The van der Waals surface area contributed by atoms with E-state index in [2.05, 4.69) is 41.1 Å². The summed E-state index contributed by atoms with van der Waals surface area (Å²) in [6.45, 7) is 5.42. The molecule has 1 aromatic carbocycles. The van der Waals surface area contributed by atoms with Gasteiger partial charge in [0.05, 0.1) is 0 Å². The first kappa shape index (κ1) is 18.8. The van der Waals surface area contributed by atoms with Crippen LogP contribution in [0, 0.1) is 5.92 Å². The van der Waals surface area contributed by atoms with Gasteiger partial charge in [0.25, 0.3) is 11.8 Å². The van der Waals surface area contributed by atoms with Crippen molar-refractivity contribution in [2.45, 2.75) is 19.3 Å². The third kappa shape index (κ3) is 5.03. The van der Waals surface area contributed by atoms with Gasteiger partial charge in [-0.1, -0.05) is 36.4 Å². The van der Waals surface area contributed by atoms with Gasteiger partial charge in [0.1, 0.15) is 5.69 Å². The molecule has 0 bridgehead atoms. The molecule has 1 saturated heterocycles. The third-order valence-electron chi connectivity index (χ3n) is 4.92. The van der Waals surface area contributed by atoms with E-state index in [1.807, 2.05) is 11.0 Å². The molecule has 0 radical (unpaired) electrons. The quantitative estimate of drug-likeness (QED) is 0.802. The first-order valence-corrected chi connectivity index (χ1v) is 9.35. The average Bonchev–Trinajstić information content (AvgIpc) is 2.73. The van der Waals surface area contributed by atoms with Crippen LogP contribution in [0.5, 0.6) is 0 Å². The smallest absolute Gasteiger partial charge is 0.272 e.